The van der Waals surface area contributed by atoms with Crippen molar-refractivity contribution in [3.63, 3.8) is 0 Å². The summed E-state index contributed by atoms with van der Waals surface area (Å²) >= 11 is 1.35. The summed E-state index contributed by atoms with van der Waals surface area (Å²) in [5.41, 5.74) is 2.93. The highest BCUT2D eigenvalue weighted by Crippen LogP contribution is 2.25. The fourth-order valence-corrected chi connectivity index (χ4v) is 3.40. The van der Waals surface area contributed by atoms with Crippen molar-refractivity contribution < 1.29 is 38.7 Å². The number of rotatable bonds is 6. The number of thiazole rings is 1. The van der Waals surface area contributed by atoms with Gasteiger partial charge in [0, 0.05) is 11.6 Å². The molecule has 0 saturated heterocycles. The maximum absolute atomic E-state index is 12.8. The number of nitro benzene ring substituents is 1. The van der Waals surface area contributed by atoms with E-state index in [9.17, 15) is 14.9 Å². The van der Waals surface area contributed by atoms with Gasteiger partial charge in [-0.1, -0.05) is 54.7 Å². The van der Waals surface area contributed by atoms with Crippen LogP contribution >= 0.6 is 11.3 Å². The number of aromatic nitrogens is 1. The molecule has 0 aliphatic rings. The van der Waals surface area contributed by atoms with Crippen molar-refractivity contribution in [2.45, 2.75) is 13.3 Å². The molecule has 1 N–H and O–H groups in total. The second-order valence-electron chi connectivity index (χ2n) is 5.60. The highest BCUT2D eigenvalue weighted by molar-refractivity contribution is 7.11. The third-order valence-corrected chi connectivity index (χ3v) is 4.87. The number of benzene rings is 2. The van der Waals surface area contributed by atoms with E-state index in [-0.39, 0.29) is 35.4 Å². The van der Waals surface area contributed by atoms with Gasteiger partial charge in [-0.25, -0.2) is 0 Å². The first kappa shape index (κ1) is 20.9. The van der Waals surface area contributed by atoms with E-state index < -0.39 is 4.92 Å². The second-order valence-corrected chi connectivity index (χ2v) is 6.52. The number of nitrogens with one attached hydrogen (secondary N) is 1. The molecule has 2 aromatic carbocycles. The lowest BCUT2D eigenvalue weighted by molar-refractivity contribution is -0.385. The molecular formula is C20H17IN2O3S. The molecule has 0 atom stereocenters. The number of carbonyl (C=O) groups excluding carboxylic acids is 1. The molecule has 7 heteroatoms. The Morgan fingerprint density at radius 2 is 1.96 bits per heavy atom. The van der Waals surface area contributed by atoms with Gasteiger partial charge in [0.2, 0.25) is 0 Å². The van der Waals surface area contributed by atoms with Gasteiger partial charge in [-0.3, -0.25) is 14.9 Å². The van der Waals surface area contributed by atoms with Crippen molar-refractivity contribution in [1.29, 1.82) is 0 Å². The fraction of sp³-hybridized carbons (Fsp3) is 0.100. The topological polar surface area (TPSA) is 74.3 Å². The number of halogens is 1. The first-order valence-corrected chi connectivity index (χ1v) is 9.03. The number of aryl methyl sites for hydroxylation is 1. The Kier molecular flexibility index (Phi) is 7.37. The maximum atomic E-state index is 12.8. The minimum atomic E-state index is -0.405. The van der Waals surface area contributed by atoms with Gasteiger partial charge in [0.1, 0.15) is 0 Å². The lowest BCUT2D eigenvalue weighted by atomic mass is 9.95. The number of nitro groups is 1. The molecule has 0 bridgehead atoms. The summed E-state index contributed by atoms with van der Waals surface area (Å²) in [6, 6.07) is 12.2. The first-order valence-electron chi connectivity index (χ1n) is 8.15. The third-order valence-electron chi connectivity index (χ3n) is 4.06. The predicted molar refractivity (Wildman–Crippen MR) is 102 cm³/mol. The maximum Gasteiger partial charge on any atom is 0.308 e. The zero-order valence-corrected chi connectivity index (χ0v) is 17.5. The van der Waals surface area contributed by atoms with Crippen LogP contribution in [0.3, 0.4) is 0 Å². The van der Waals surface area contributed by atoms with Crippen LogP contribution in [0.1, 0.15) is 39.0 Å². The van der Waals surface area contributed by atoms with Crippen LogP contribution < -0.4 is 29.0 Å². The highest BCUT2D eigenvalue weighted by Gasteiger charge is 2.21. The van der Waals surface area contributed by atoms with Gasteiger partial charge in [0.05, 0.1) is 15.9 Å². The molecule has 0 spiro atoms. The van der Waals surface area contributed by atoms with E-state index in [4.69, 9.17) is 0 Å². The van der Waals surface area contributed by atoms with E-state index in [2.05, 4.69) is 4.98 Å². The summed E-state index contributed by atoms with van der Waals surface area (Å²) in [7, 11) is 0. The molecule has 0 aliphatic heterocycles. The van der Waals surface area contributed by atoms with Crippen LogP contribution in [-0.4, -0.2) is 10.7 Å². The standard InChI is InChI=1S/C20H16N2O3S.HI/c1-2-14-7-5-8-17(19(23)20-21-12-13-26-20)16(14)11-10-15-6-3-4-9-18(15)22(24)25;/h3-13H,2H2,1H3;1H. The summed E-state index contributed by atoms with van der Waals surface area (Å²) in [6.45, 7) is 2.02. The molecule has 27 heavy (non-hydrogen) atoms. The van der Waals surface area contributed by atoms with Crippen LogP contribution in [0.4, 0.5) is 5.69 Å². The minimum absolute atomic E-state index is 0. The molecule has 0 aliphatic carbocycles. The first-order chi connectivity index (χ1) is 12.6. The van der Waals surface area contributed by atoms with Crippen molar-refractivity contribution in [2.24, 2.45) is 0 Å². The number of para-hydroxylation sites is 1. The van der Waals surface area contributed by atoms with Gasteiger partial charge in [-0.15, -0.1) is 0 Å². The van der Waals surface area contributed by atoms with Gasteiger partial charge in [-0.05, 0) is 29.7 Å². The largest absolute Gasteiger partial charge is 1.00 e. The van der Waals surface area contributed by atoms with Crippen LogP contribution in [0.5, 0.6) is 0 Å². The van der Waals surface area contributed by atoms with Crippen LogP contribution in [0, 0.1) is 10.1 Å². The fourth-order valence-electron chi connectivity index (χ4n) is 2.77. The summed E-state index contributed by atoms with van der Waals surface area (Å²) in [6.07, 6.45) is 5.97. The van der Waals surface area contributed by atoms with Crippen molar-refractivity contribution >= 4 is 35.0 Å². The zero-order chi connectivity index (χ0) is 18.5. The van der Waals surface area contributed by atoms with Crippen LogP contribution in [0.25, 0.3) is 12.2 Å². The highest BCUT2D eigenvalue weighted by atomic mass is 127. The zero-order valence-electron chi connectivity index (χ0n) is 14.5. The average molecular weight is 492 g/mol. The Morgan fingerprint density at radius 3 is 2.63 bits per heavy atom. The molecule has 0 amide bonds. The molecule has 0 unspecified atom stereocenters. The lowest BCUT2D eigenvalue weighted by Gasteiger charge is -2.08. The van der Waals surface area contributed by atoms with Crippen LogP contribution in [-0.2, 0) is 6.42 Å². The summed E-state index contributed by atoms with van der Waals surface area (Å²) in [4.78, 5) is 26.6. The van der Waals surface area contributed by atoms with E-state index >= 15 is 0 Å². The van der Waals surface area contributed by atoms with Crippen molar-refractivity contribution in [3.05, 3.63) is 91.4 Å². The Labute approximate surface area is 177 Å². The minimum Gasteiger partial charge on any atom is -1.00 e. The molecule has 0 fully saturated rings. The SMILES string of the molecule is CCc1cccc(C(=O)c2[nH+]ccs2)c1C=Cc1ccccc1[N+](=O)[O-].[I-]. The summed E-state index contributed by atoms with van der Waals surface area (Å²) < 4.78 is 0. The molecular weight excluding hydrogens is 475 g/mol. The quantitative estimate of drug-likeness (QED) is 0.172. The number of hydrogen-bond donors (Lipinski definition) is 0. The molecule has 1 heterocycles. The Hall–Kier alpha value is -2.39. The second kappa shape index (κ2) is 9.52. The molecule has 3 aromatic rings. The average Bonchev–Trinajstić information content (AvgIpc) is 3.20. The number of aromatic amines is 1. The Balaban J connectivity index is 0.00000261. The smallest absolute Gasteiger partial charge is 0.308 e. The van der Waals surface area contributed by atoms with E-state index in [0.717, 1.165) is 17.5 Å². The summed E-state index contributed by atoms with van der Waals surface area (Å²) in [5, 5.41) is 13.6. The van der Waals surface area contributed by atoms with Crippen LogP contribution in [0.15, 0.2) is 54.0 Å². The number of hydrogen-bond acceptors (Lipinski definition) is 4. The molecule has 0 radical (unpaired) electrons. The normalized spacial score (nSPS) is 10.6. The van der Waals surface area contributed by atoms with Crippen LogP contribution in [0.2, 0.25) is 0 Å². The predicted octanol–water partition coefficient (Wildman–Crippen LogP) is 1.44. The Bertz CT molecular complexity index is 985. The van der Waals surface area contributed by atoms with Gasteiger partial charge in [-0.2, -0.15) is 4.98 Å². The van der Waals surface area contributed by atoms with Gasteiger partial charge >= 0.3 is 5.01 Å². The van der Waals surface area contributed by atoms with Gasteiger partial charge in [0.15, 0.2) is 6.20 Å². The van der Waals surface area contributed by atoms with Crippen molar-refractivity contribution in [1.82, 2.24) is 0 Å². The molecule has 3 rings (SSSR count). The van der Waals surface area contributed by atoms with E-state index in [1.807, 2.05) is 24.4 Å². The van der Waals surface area contributed by atoms with Gasteiger partial charge in [0.25, 0.3) is 11.5 Å². The summed E-state index contributed by atoms with van der Waals surface area (Å²) in [5.74, 6) is -0.0856. The van der Waals surface area contributed by atoms with Crippen molar-refractivity contribution in [2.75, 3.05) is 0 Å². The molecule has 0 saturated carbocycles. The lowest BCUT2D eigenvalue weighted by Crippen LogP contribution is -3.00. The van der Waals surface area contributed by atoms with E-state index in [1.165, 1.54) is 17.4 Å². The number of nitrogens with zero attached hydrogens (tertiary/aromatic N) is 1. The number of ketones is 1. The van der Waals surface area contributed by atoms with Crippen molar-refractivity contribution in [3.8, 4) is 0 Å². The molecule has 5 nitrogen and oxygen atoms in total. The molecule has 138 valence electrons. The van der Waals surface area contributed by atoms with E-state index in [0.29, 0.717) is 16.1 Å². The van der Waals surface area contributed by atoms with Gasteiger partial charge < -0.3 is 24.0 Å². The third kappa shape index (κ3) is 4.67. The Morgan fingerprint density at radius 1 is 1.19 bits per heavy atom. The number of carbonyl (C=O) groups is 1. The molecule has 1 aromatic heterocycles. The van der Waals surface area contributed by atoms with E-state index in [1.54, 1.807) is 42.6 Å². The monoisotopic (exact) mass is 492 g/mol. The number of H-pyrrole nitrogens is 1.